The molecule has 7 nitrogen and oxygen atoms in total. The highest BCUT2D eigenvalue weighted by molar-refractivity contribution is 5.83. The van der Waals surface area contributed by atoms with Crippen molar-refractivity contribution in [3.63, 3.8) is 0 Å². The standard InChI is InChI=1S/C15H22N4O3/c1-12(20)17-9-14(21)18(2)10-15(22)6-8-19(11-15)13-5-3-4-7-16-13/h3-5,7,22H,6,8-11H2,1-2H3,(H,17,20)/t15-/m0/s1. The molecule has 1 saturated heterocycles. The summed E-state index contributed by atoms with van der Waals surface area (Å²) >= 11 is 0. The number of β-amino-alcohol motifs (C(OH)–C–C–N with tert-alkyl or cyclic N) is 1. The van der Waals surface area contributed by atoms with Crippen molar-refractivity contribution in [3.05, 3.63) is 24.4 Å². The Bertz CT molecular complexity index is 537. The molecule has 1 atom stereocenters. The van der Waals surface area contributed by atoms with Gasteiger partial charge >= 0.3 is 0 Å². The summed E-state index contributed by atoms with van der Waals surface area (Å²) in [6, 6.07) is 5.65. The van der Waals surface area contributed by atoms with Gasteiger partial charge in [0.1, 0.15) is 11.4 Å². The van der Waals surface area contributed by atoms with E-state index in [0.29, 0.717) is 19.5 Å². The van der Waals surface area contributed by atoms with Crippen LogP contribution >= 0.6 is 0 Å². The van der Waals surface area contributed by atoms with Gasteiger partial charge in [0.25, 0.3) is 0 Å². The van der Waals surface area contributed by atoms with Crippen LogP contribution < -0.4 is 10.2 Å². The van der Waals surface area contributed by atoms with Crippen molar-refractivity contribution in [2.75, 3.05) is 38.1 Å². The zero-order valence-electron chi connectivity index (χ0n) is 13.0. The largest absolute Gasteiger partial charge is 0.386 e. The van der Waals surface area contributed by atoms with Gasteiger partial charge in [-0.2, -0.15) is 0 Å². The smallest absolute Gasteiger partial charge is 0.241 e. The van der Waals surface area contributed by atoms with Crippen LogP contribution in [-0.4, -0.2) is 65.6 Å². The number of carbonyl (C=O) groups is 2. The van der Waals surface area contributed by atoms with E-state index < -0.39 is 5.60 Å². The van der Waals surface area contributed by atoms with Gasteiger partial charge in [-0.3, -0.25) is 9.59 Å². The number of carbonyl (C=O) groups excluding carboxylic acids is 2. The minimum absolute atomic E-state index is 0.0497. The fraction of sp³-hybridized carbons (Fsp3) is 0.533. The molecule has 0 radical (unpaired) electrons. The normalized spacial score (nSPS) is 20.8. The highest BCUT2D eigenvalue weighted by atomic mass is 16.3. The number of anilines is 1. The van der Waals surface area contributed by atoms with Gasteiger partial charge in [-0.05, 0) is 18.6 Å². The Kier molecular flexibility index (Phi) is 4.97. The molecule has 2 rings (SSSR count). The quantitative estimate of drug-likeness (QED) is 0.774. The van der Waals surface area contributed by atoms with E-state index in [-0.39, 0.29) is 24.9 Å². The zero-order chi connectivity index (χ0) is 16.2. The van der Waals surface area contributed by atoms with E-state index in [4.69, 9.17) is 0 Å². The van der Waals surface area contributed by atoms with Crippen LogP contribution in [0, 0.1) is 0 Å². The lowest BCUT2D eigenvalue weighted by Crippen LogP contribution is -2.48. The molecule has 22 heavy (non-hydrogen) atoms. The number of nitrogens with zero attached hydrogens (tertiary/aromatic N) is 3. The average molecular weight is 306 g/mol. The first-order chi connectivity index (χ1) is 10.4. The molecular weight excluding hydrogens is 284 g/mol. The number of aliphatic hydroxyl groups is 1. The summed E-state index contributed by atoms with van der Waals surface area (Å²) in [6.45, 7) is 2.67. The summed E-state index contributed by atoms with van der Waals surface area (Å²) in [7, 11) is 1.63. The van der Waals surface area contributed by atoms with Crippen molar-refractivity contribution in [1.82, 2.24) is 15.2 Å². The van der Waals surface area contributed by atoms with Crippen LogP contribution in [0.4, 0.5) is 5.82 Å². The summed E-state index contributed by atoms with van der Waals surface area (Å²) in [6.07, 6.45) is 2.29. The van der Waals surface area contributed by atoms with Crippen LogP contribution in [0.3, 0.4) is 0 Å². The predicted molar refractivity (Wildman–Crippen MR) is 82.3 cm³/mol. The third-order valence-corrected chi connectivity index (χ3v) is 3.75. The molecule has 0 spiro atoms. The summed E-state index contributed by atoms with van der Waals surface area (Å²) in [5, 5.41) is 13.1. The highest BCUT2D eigenvalue weighted by Crippen LogP contribution is 2.25. The van der Waals surface area contributed by atoms with Gasteiger partial charge in [-0.15, -0.1) is 0 Å². The third kappa shape index (κ3) is 4.17. The van der Waals surface area contributed by atoms with Crippen molar-refractivity contribution in [2.45, 2.75) is 18.9 Å². The van der Waals surface area contributed by atoms with E-state index >= 15 is 0 Å². The first kappa shape index (κ1) is 16.2. The maximum absolute atomic E-state index is 11.9. The molecule has 2 N–H and O–H groups in total. The van der Waals surface area contributed by atoms with E-state index in [2.05, 4.69) is 10.3 Å². The second kappa shape index (κ2) is 6.74. The van der Waals surface area contributed by atoms with E-state index in [1.807, 2.05) is 23.1 Å². The number of pyridine rings is 1. The lowest BCUT2D eigenvalue weighted by atomic mass is 10.0. The van der Waals surface area contributed by atoms with Crippen LogP contribution in [0.5, 0.6) is 0 Å². The lowest BCUT2D eigenvalue weighted by Gasteiger charge is -2.29. The van der Waals surface area contributed by atoms with Gasteiger partial charge in [0.15, 0.2) is 0 Å². The zero-order valence-corrected chi connectivity index (χ0v) is 13.0. The van der Waals surface area contributed by atoms with Crippen molar-refractivity contribution >= 4 is 17.6 Å². The van der Waals surface area contributed by atoms with Crippen molar-refractivity contribution in [1.29, 1.82) is 0 Å². The maximum Gasteiger partial charge on any atom is 0.241 e. The van der Waals surface area contributed by atoms with Crippen LogP contribution in [-0.2, 0) is 9.59 Å². The minimum atomic E-state index is -0.960. The molecule has 1 aliphatic rings. The van der Waals surface area contributed by atoms with Crippen molar-refractivity contribution < 1.29 is 14.7 Å². The first-order valence-corrected chi connectivity index (χ1v) is 7.26. The topological polar surface area (TPSA) is 85.8 Å². The van der Waals surface area contributed by atoms with E-state index in [1.54, 1.807) is 13.2 Å². The van der Waals surface area contributed by atoms with E-state index in [1.165, 1.54) is 11.8 Å². The number of likely N-dealkylation sites (N-methyl/N-ethyl adjacent to an activating group) is 1. The van der Waals surface area contributed by atoms with Crippen molar-refractivity contribution in [3.8, 4) is 0 Å². The van der Waals surface area contributed by atoms with Gasteiger partial charge in [-0.1, -0.05) is 6.07 Å². The number of rotatable bonds is 5. The fourth-order valence-electron chi connectivity index (χ4n) is 2.59. The van der Waals surface area contributed by atoms with E-state index in [9.17, 15) is 14.7 Å². The Morgan fingerprint density at radius 2 is 2.27 bits per heavy atom. The molecule has 1 aromatic heterocycles. The molecule has 7 heteroatoms. The average Bonchev–Trinajstić information content (AvgIpc) is 2.87. The number of amides is 2. The number of hydrogen-bond acceptors (Lipinski definition) is 5. The molecule has 1 aliphatic heterocycles. The van der Waals surface area contributed by atoms with Gasteiger partial charge in [0.2, 0.25) is 11.8 Å². The van der Waals surface area contributed by atoms with Crippen LogP contribution in [0.25, 0.3) is 0 Å². The molecule has 2 heterocycles. The Labute approximate surface area is 129 Å². The Hall–Kier alpha value is -2.15. The van der Waals surface area contributed by atoms with Gasteiger partial charge in [-0.25, -0.2) is 4.98 Å². The molecule has 0 bridgehead atoms. The van der Waals surface area contributed by atoms with E-state index in [0.717, 1.165) is 5.82 Å². The molecule has 0 saturated carbocycles. The number of aromatic nitrogens is 1. The summed E-state index contributed by atoms with van der Waals surface area (Å²) in [5.41, 5.74) is -0.960. The molecule has 1 aromatic rings. The fourth-order valence-corrected chi connectivity index (χ4v) is 2.59. The summed E-state index contributed by atoms with van der Waals surface area (Å²) in [4.78, 5) is 30.5. The first-order valence-electron chi connectivity index (χ1n) is 7.26. The molecule has 2 amide bonds. The molecule has 1 fully saturated rings. The third-order valence-electron chi connectivity index (χ3n) is 3.75. The maximum atomic E-state index is 11.9. The molecule has 0 aliphatic carbocycles. The van der Waals surface area contributed by atoms with Gasteiger partial charge in [0, 0.05) is 33.3 Å². The highest BCUT2D eigenvalue weighted by Gasteiger charge is 2.38. The summed E-state index contributed by atoms with van der Waals surface area (Å²) in [5.74, 6) is 0.355. The van der Waals surface area contributed by atoms with Crippen LogP contribution in [0.15, 0.2) is 24.4 Å². The second-order valence-corrected chi connectivity index (χ2v) is 5.74. The Balaban J connectivity index is 1.90. The van der Waals surface area contributed by atoms with Crippen molar-refractivity contribution in [2.24, 2.45) is 0 Å². The Morgan fingerprint density at radius 1 is 1.50 bits per heavy atom. The van der Waals surface area contributed by atoms with Crippen LogP contribution in [0.1, 0.15) is 13.3 Å². The van der Waals surface area contributed by atoms with Gasteiger partial charge in [0.05, 0.1) is 13.1 Å². The molecule has 0 unspecified atom stereocenters. The summed E-state index contributed by atoms with van der Waals surface area (Å²) < 4.78 is 0. The molecule has 0 aromatic carbocycles. The number of nitrogens with one attached hydrogen (secondary N) is 1. The monoisotopic (exact) mass is 306 g/mol. The van der Waals surface area contributed by atoms with Gasteiger partial charge < -0.3 is 20.2 Å². The number of hydrogen-bond donors (Lipinski definition) is 2. The second-order valence-electron chi connectivity index (χ2n) is 5.74. The van der Waals surface area contributed by atoms with Crippen LogP contribution in [0.2, 0.25) is 0 Å². The lowest BCUT2D eigenvalue weighted by molar-refractivity contribution is -0.133. The Morgan fingerprint density at radius 3 is 2.91 bits per heavy atom. The predicted octanol–water partition coefficient (Wildman–Crippen LogP) is -0.383. The molecule has 120 valence electrons. The molecular formula is C15H22N4O3. The SMILES string of the molecule is CC(=O)NCC(=O)N(C)C[C@@]1(O)CCN(c2ccccn2)C1. The minimum Gasteiger partial charge on any atom is -0.386 e.